The zero-order valence-electron chi connectivity index (χ0n) is 16.1. The molecule has 0 spiro atoms. The third kappa shape index (κ3) is 6.58. The smallest absolute Gasteiger partial charge is 0.285 e. The van der Waals surface area contributed by atoms with E-state index in [1.807, 2.05) is 0 Å². The number of rotatable bonds is 8. The fraction of sp³-hybridized carbons (Fsp3) is 1.00. The highest BCUT2D eigenvalue weighted by atomic mass is 32.2. The highest BCUT2D eigenvalue weighted by molar-refractivity contribution is 7.87. The number of hydrogen-bond donors (Lipinski definition) is 2. The molecule has 6 nitrogen and oxygen atoms in total. The van der Waals surface area contributed by atoms with Crippen molar-refractivity contribution in [2.75, 3.05) is 5.75 Å². The maximum atomic E-state index is 13.0. The Morgan fingerprint density at radius 1 is 0.421 bits per heavy atom. The maximum absolute atomic E-state index is 13.0. The molecule has 0 unspecified atom stereocenters. The van der Waals surface area contributed by atoms with Gasteiger partial charge in [0.25, 0.3) is 10.1 Å². The Hall–Kier alpha value is -1.58. The van der Waals surface area contributed by atoms with E-state index in [2.05, 4.69) is 0 Å². The van der Waals surface area contributed by atoms with E-state index in [0.717, 1.165) is 0 Å². The lowest BCUT2D eigenvalue weighted by Crippen LogP contribution is -2.74. The summed E-state index contributed by atoms with van der Waals surface area (Å²) < 4.78 is 302. The molecule has 38 heavy (non-hydrogen) atoms. The summed E-state index contributed by atoms with van der Waals surface area (Å²) in [5.74, 6) is -54.1. The molecule has 232 valence electrons. The van der Waals surface area contributed by atoms with Crippen LogP contribution in [0.1, 0.15) is 0 Å². The van der Waals surface area contributed by atoms with Crippen molar-refractivity contribution in [1.29, 1.82) is 0 Å². The largest absolute Gasteiger partial charge is 0.460 e. The van der Waals surface area contributed by atoms with Gasteiger partial charge in [-0.2, -0.15) is 105 Å². The van der Waals surface area contributed by atoms with Gasteiger partial charge in [-0.25, -0.2) is 0 Å². The molecule has 0 heterocycles. The van der Waals surface area contributed by atoms with Gasteiger partial charge in [0.2, 0.25) is 0 Å². The Kier molecular flexibility index (Phi) is 9.95. The van der Waals surface area contributed by atoms with Crippen LogP contribution in [0.15, 0.2) is 0 Å². The van der Waals surface area contributed by atoms with Gasteiger partial charge in [0.15, 0.2) is 5.75 Å². The van der Waals surface area contributed by atoms with E-state index in [-0.39, 0.29) is 0 Å². The zero-order valence-corrected chi connectivity index (χ0v) is 17.7. The van der Waals surface area contributed by atoms with Crippen LogP contribution < -0.4 is 0 Å². The van der Waals surface area contributed by atoms with Crippen molar-refractivity contribution in [2.45, 2.75) is 53.1 Å². The van der Waals surface area contributed by atoms with Crippen LogP contribution in [0.2, 0.25) is 0 Å². The Bertz CT molecular complexity index is 1050. The van der Waals surface area contributed by atoms with E-state index < -0.39 is 79.1 Å². The van der Waals surface area contributed by atoms with Crippen LogP contribution in [0.25, 0.3) is 0 Å². The maximum Gasteiger partial charge on any atom is 0.460 e. The highest BCUT2D eigenvalue weighted by Gasteiger charge is 2.96. The van der Waals surface area contributed by atoms with Gasteiger partial charge in [-0.15, -0.1) is 0 Å². The summed E-state index contributed by atoms with van der Waals surface area (Å²) in [4.78, 5) is 0. The summed E-state index contributed by atoms with van der Waals surface area (Å²) in [7, 11) is -12.8. The molecule has 28 heteroatoms. The first-order chi connectivity index (χ1) is 15.7. The second-order valence-corrected chi connectivity index (χ2v) is 9.19. The Balaban J connectivity index is 0. The molecule has 0 saturated carbocycles. The van der Waals surface area contributed by atoms with Gasteiger partial charge in [0, 0.05) is 0 Å². The van der Waals surface area contributed by atoms with Crippen LogP contribution in [0, 0.1) is 0 Å². The predicted molar refractivity (Wildman–Crippen MR) is 74.7 cm³/mol. The van der Waals surface area contributed by atoms with Crippen LogP contribution in [-0.4, -0.2) is 84.8 Å². The summed E-state index contributed by atoms with van der Waals surface area (Å²) in [5.41, 5.74) is 0. The molecule has 0 radical (unpaired) electrons. The molecule has 0 aromatic carbocycles. The van der Waals surface area contributed by atoms with E-state index >= 15 is 0 Å². The summed E-state index contributed by atoms with van der Waals surface area (Å²) in [6.07, 6.45) is -12.7. The molecule has 0 aliphatic carbocycles. The van der Waals surface area contributed by atoms with Gasteiger partial charge >= 0.3 is 63.3 Å². The first kappa shape index (κ1) is 38.6. The van der Waals surface area contributed by atoms with Crippen LogP contribution in [-0.2, 0) is 20.2 Å². The molecule has 2 N–H and O–H groups in total. The molecular formula is C10H4F20O6S2. The molecule has 0 aliphatic rings. The Morgan fingerprint density at radius 3 is 0.816 bits per heavy atom. The van der Waals surface area contributed by atoms with Crippen molar-refractivity contribution in [3.63, 3.8) is 0 Å². The first-order valence-electron chi connectivity index (χ1n) is 7.41. The molecule has 0 aromatic heterocycles. The number of hydrogen-bond acceptors (Lipinski definition) is 4. The normalized spacial score (nSPS) is 16.2. The first-order valence-corrected chi connectivity index (χ1v) is 10.5. The topological polar surface area (TPSA) is 109 Å². The molecule has 0 fully saturated rings. The predicted octanol–water partition coefficient (Wildman–Crippen LogP) is 5.28. The van der Waals surface area contributed by atoms with E-state index in [4.69, 9.17) is 9.11 Å². The third-order valence-electron chi connectivity index (χ3n) is 3.36. The third-order valence-corrected chi connectivity index (χ3v) is 4.96. The lowest BCUT2D eigenvalue weighted by molar-refractivity contribution is -0.458. The second kappa shape index (κ2) is 9.81. The summed E-state index contributed by atoms with van der Waals surface area (Å²) in [5, 5.41) is -7.84. The van der Waals surface area contributed by atoms with Gasteiger partial charge in [0.1, 0.15) is 0 Å². The lowest BCUT2D eigenvalue weighted by Gasteiger charge is -2.42. The van der Waals surface area contributed by atoms with Crippen LogP contribution in [0.3, 0.4) is 0 Å². The second-order valence-electron chi connectivity index (χ2n) is 6.28. The van der Waals surface area contributed by atoms with E-state index in [0.29, 0.717) is 0 Å². The van der Waals surface area contributed by atoms with Gasteiger partial charge in [-0.1, -0.05) is 0 Å². The summed E-state index contributed by atoms with van der Waals surface area (Å²) >= 11 is 0. The van der Waals surface area contributed by atoms with Crippen molar-refractivity contribution < 1.29 is 114 Å². The molecule has 0 rings (SSSR count). The molecule has 0 aliphatic heterocycles. The van der Waals surface area contributed by atoms with E-state index in [9.17, 15) is 105 Å². The van der Waals surface area contributed by atoms with E-state index in [1.165, 1.54) is 0 Å². The van der Waals surface area contributed by atoms with Crippen LogP contribution >= 0.6 is 0 Å². The fourth-order valence-electron chi connectivity index (χ4n) is 1.52. The molecule has 0 bridgehead atoms. The van der Waals surface area contributed by atoms with Crippen molar-refractivity contribution in [1.82, 2.24) is 0 Å². The zero-order chi connectivity index (χ0) is 32.2. The van der Waals surface area contributed by atoms with Crippen molar-refractivity contribution in [3.8, 4) is 0 Å². The minimum Gasteiger partial charge on any atom is -0.285 e. The van der Waals surface area contributed by atoms with Gasteiger partial charge < -0.3 is 0 Å². The minimum absolute atomic E-state index is 2.18. The minimum atomic E-state index is -8.89. The van der Waals surface area contributed by atoms with Crippen molar-refractivity contribution in [3.05, 3.63) is 0 Å². The Labute approximate surface area is 194 Å². The standard InChI is InChI=1S/C8HF17O3S.C2H3F3O3S/c9-1(10,3(13,14)5(17,18)7(21,22)23)2(11,12)4(15,16)6(19,20)8(24,25)29(26,27)28;3-2(4,5)1-9(6,7)8/h(H,26,27,28);1H2,(H,6,7,8). The molecule has 0 atom stereocenters. The SMILES string of the molecule is O=S(=O)(O)C(F)(F)C(F)(F)C(F)(F)C(F)(F)C(F)(F)C(F)(F)C(F)(F)C(F)(F)F.O=S(=O)(O)CC(F)(F)F. The summed E-state index contributed by atoms with van der Waals surface area (Å²) in [6, 6.07) is 0. The molecule has 0 saturated heterocycles. The number of alkyl halides is 20. The van der Waals surface area contributed by atoms with Crippen molar-refractivity contribution in [2.24, 2.45) is 0 Å². The van der Waals surface area contributed by atoms with Gasteiger partial charge in [-0.05, 0) is 0 Å². The average Bonchev–Trinajstić information content (AvgIpc) is 2.55. The van der Waals surface area contributed by atoms with Crippen LogP contribution in [0.4, 0.5) is 87.8 Å². The molecule has 0 aromatic rings. The van der Waals surface area contributed by atoms with Gasteiger partial charge in [0.05, 0.1) is 0 Å². The lowest BCUT2D eigenvalue weighted by atomic mass is 9.91. The van der Waals surface area contributed by atoms with Gasteiger partial charge in [-0.3, -0.25) is 9.11 Å². The van der Waals surface area contributed by atoms with E-state index in [1.54, 1.807) is 0 Å². The highest BCUT2D eigenvalue weighted by Crippen LogP contribution is 2.64. The average molecular weight is 664 g/mol. The number of halogens is 20. The monoisotopic (exact) mass is 664 g/mol. The van der Waals surface area contributed by atoms with Crippen LogP contribution in [0.5, 0.6) is 0 Å². The fourth-order valence-corrected chi connectivity index (χ4v) is 2.38. The van der Waals surface area contributed by atoms with Crippen molar-refractivity contribution >= 4 is 20.2 Å². The summed E-state index contributed by atoms with van der Waals surface area (Å²) in [6.45, 7) is 0. The molecular weight excluding hydrogens is 660 g/mol. The molecule has 0 amide bonds. The Morgan fingerprint density at radius 2 is 0.658 bits per heavy atom. The quantitative estimate of drug-likeness (QED) is 0.270.